The maximum Gasteiger partial charge on any atom is 0.301 e. The molecular formula is C14H11BrN4O4. The molecule has 0 heterocycles. The van der Waals surface area contributed by atoms with Gasteiger partial charge in [-0.3, -0.25) is 25.7 Å². The molecule has 0 amide bonds. The van der Waals surface area contributed by atoms with Gasteiger partial charge in [0.25, 0.3) is 5.69 Å². The van der Waals surface area contributed by atoms with Crippen LogP contribution in [0.25, 0.3) is 0 Å². The Morgan fingerprint density at radius 1 is 1.09 bits per heavy atom. The Labute approximate surface area is 139 Å². The second-order valence-electron chi connectivity index (χ2n) is 4.53. The minimum atomic E-state index is -0.695. The van der Waals surface area contributed by atoms with Crippen molar-refractivity contribution in [2.24, 2.45) is 5.10 Å². The summed E-state index contributed by atoms with van der Waals surface area (Å²) in [6, 6.07) is 10.7. The van der Waals surface area contributed by atoms with Crippen LogP contribution >= 0.6 is 15.9 Å². The second-order valence-corrected chi connectivity index (χ2v) is 5.45. The Kier molecular flexibility index (Phi) is 5.02. The van der Waals surface area contributed by atoms with E-state index in [0.29, 0.717) is 5.71 Å². The summed E-state index contributed by atoms with van der Waals surface area (Å²) >= 11 is 3.33. The van der Waals surface area contributed by atoms with Crippen LogP contribution in [0.3, 0.4) is 0 Å². The first-order chi connectivity index (χ1) is 10.9. The predicted molar refractivity (Wildman–Crippen MR) is 89.7 cm³/mol. The van der Waals surface area contributed by atoms with Crippen LogP contribution in [0.4, 0.5) is 17.1 Å². The van der Waals surface area contributed by atoms with E-state index < -0.39 is 15.5 Å². The van der Waals surface area contributed by atoms with Crippen molar-refractivity contribution in [2.45, 2.75) is 6.92 Å². The third kappa shape index (κ3) is 4.10. The van der Waals surface area contributed by atoms with Gasteiger partial charge in [0.15, 0.2) is 0 Å². The van der Waals surface area contributed by atoms with Gasteiger partial charge in [-0.1, -0.05) is 28.1 Å². The standard InChI is InChI=1S/C14H11BrN4O4/c1-9(10-2-4-11(15)5-3-10)16-17-13-7-6-12(18(20)21)8-14(13)19(22)23/h2-8,17H,1H3/b16-9+. The van der Waals surface area contributed by atoms with Gasteiger partial charge >= 0.3 is 5.69 Å². The molecule has 0 aliphatic heterocycles. The van der Waals surface area contributed by atoms with E-state index in [1.807, 2.05) is 24.3 Å². The van der Waals surface area contributed by atoms with Gasteiger partial charge in [-0.25, -0.2) is 0 Å². The van der Waals surface area contributed by atoms with Crippen molar-refractivity contribution in [3.63, 3.8) is 0 Å². The van der Waals surface area contributed by atoms with Crippen molar-refractivity contribution in [1.29, 1.82) is 0 Å². The number of hydrogen-bond donors (Lipinski definition) is 1. The molecule has 2 aromatic carbocycles. The number of halogens is 1. The smallest absolute Gasteiger partial charge is 0.271 e. The van der Waals surface area contributed by atoms with E-state index in [1.54, 1.807) is 6.92 Å². The molecule has 0 aliphatic rings. The van der Waals surface area contributed by atoms with Crippen LogP contribution in [0.15, 0.2) is 52.0 Å². The highest BCUT2D eigenvalue weighted by Gasteiger charge is 2.19. The number of non-ortho nitro benzene ring substituents is 1. The maximum atomic E-state index is 11.0. The first-order valence-corrected chi connectivity index (χ1v) is 7.17. The molecule has 0 fully saturated rings. The van der Waals surface area contributed by atoms with Crippen molar-refractivity contribution >= 4 is 38.7 Å². The van der Waals surface area contributed by atoms with E-state index >= 15 is 0 Å². The third-order valence-corrected chi connectivity index (χ3v) is 3.52. The Morgan fingerprint density at radius 2 is 1.74 bits per heavy atom. The summed E-state index contributed by atoms with van der Waals surface area (Å²) in [6.07, 6.45) is 0. The van der Waals surface area contributed by atoms with Crippen LogP contribution in [0.2, 0.25) is 0 Å². The molecule has 0 radical (unpaired) electrons. The van der Waals surface area contributed by atoms with E-state index in [-0.39, 0.29) is 11.4 Å². The van der Waals surface area contributed by atoms with Gasteiger partial charge in [0, 0.05) is 10.5 Å². The van der Waals surface area contributed by atoms with Gasteiger partial charge in [0.1, 0.15) is 5.69 Å². The van der Waals surface area contributed by atoms with Crippen LogP contribution in [0.5, 0.6) is 0 Å². The van der Waals surface area contributed by atoms with Crippen molar-refractivity contribution in [2.75, 3.05) is 5.43 Å². The average Bonchev–Trinajstić information content (AvgIpc) is 2.52. The molecule has 0 unspecified atom stereocenters. The van der Waals surface area contributed by atoms with Crippen LogP contribution in [-0.2, 0) is 0 Å². The van der Waals surface area contributed by atoms with Crippen molar-refractivity contribution in [1.82, 2.24) is 0 Å². The van der Waals surface area contributed by atoms with Gasteiger partial charge in [0.2, 0.25) is 0 Å². The Hall–Kier alpha value is -2.81. The molecule has 1 N–H and O–H groups in total. The Bertz CT molecular complexity index is 790. The molecule has 9 heteroatoms. The summed E-state index contributed by atoms with van der Waals surface area (Å²) in [6.45, 7) is 1.74. The van der Waals surface area contributed by atoms with Crippen LogP contribution in [-0.4, -0.2) is 15.6 Å². The Balaban J connectivity index is 2.28. The summed E-state index contributed by atoms with van der Waals surface area (Å²) in [5.41, 5.74) is 3.36. The molecule has 0 atom stereocenters. The van der Waals surface area contributed by atoms with Crippen LogP contribution < -0.4 is 5.43 Å². The van der Waals surface area contributed by atoms with Crippen molar-refractivity contribution < 1.29 is 9.85 Å². The summed E-state index contributed by atoms with van der Waals surface area (Å²) in [5, 5.41) is 25.8. The lowest BCUT2D eigenvalue weighted by atomic mass is 10.1. The lowest BCUT2D eigenvalue weighted by molar-refractivity contribution is -0.393. The summed E-state index contributed by atoms with van der Waals surface area (Å²) in [4.78, 5) is 20.4. The summed E-state index contributed by atoms with van der Waals surface area (Å²) in [5.74, 6) is 0. The highest BCUT2D eigenvalue weighted by atomic mass is 79.9. The average molecular weight is 379 g/mol. The molecular weight excluding hydrogens is 368 g/mol. The van der Waals surface area contributed by atoms with Crippen LogP contribution in [0.1, 0.15) is 12.5 Å². The predicted octanol–water partition coefficient (Wildman–Crippen LogP) is 4.10. The number of nitro groups is 2. The molecule has 23 heavy (non-hydrogen) atoms. The number of rotatable bonds is 5. The first-order valence-electron chi connectivity index (χ1n) is 6.37. The lowest BCUT2D eigenvalue weighted by Crippen LogP contribution is -2.02. The van der Waals surface area contributed by atoms with E-state index in [0.717, 1.165) is 16.1 Å². The molecule has 0 aromatic heterocycles. The lowest BCUT2D eigenvalue weighted by Gasteiger charge is -2.05. The molecule has 0 saturated heterocycles. The molecule has 0 bridgehead atoms. The zero-order valence-corrected chi connectivity index (χ0v) is 13.5. The monoisotopic (exact) mass is 378 g/mol. The number of hydrazone groups is 1. The molecule has 118 valence electrons. The van der Waals surface area contributed by atoms with Gasteiger partial charge in [0.05, 0.1) is 21.6 Å². The second kappa shape index (κ2) is 6.97. The molecule has 0 saturated carbocycles. The fraction of sp³-hybridized carbons (Fsp3) is 0.0714. The summed E-state index contributed by atoms with van der Waals surface area (Å²) in [7, 11) is 0. The van der Waals surface area contributed by atoms with E-state index in [1.165, 1.54) is 12.1 Å². The summed E-state index contributed by atoms with van der Waals surface area (Å²) < 4.78 is 0.924. The molecule has 2 rings (SSSR count). The normalized spacial score (nSPS) is 11.1. The molecule has 0 spiro atoms. The SMILES string of the molecule is C/C(=N\Nc1ccc([N+](=O)[O-])cc1[N+](=O)[O-])c1ccc(Br)cc1. The maximum absolute atomic E-state index is 11.0. The van der Waals surface area contributed by atoms with Crippen molar-refractivity contribution in [3.05, 3.63) is 72.7 Å². The van der Waals surface area contributed by atoms with Crippen LogP contribution in [0, 0.1) is 20.2 Å². The zero-order chi connectivity index (χ0) is 17.0. The molecule has 2 aromatic rings. The number of nitrogens with one attached hydrogen (secondary N) is 1. The van der Waals surface area contributed by atoms with Gasteiger partial charge in [-0.2, -0.15) is 5.10 Å². The number of anilines is 1. The van der Waals surface area contributed by atoms with E-state index in [9.17, 15) is 20.2 Å². The number of nitro benzene ring substituents is 2. The largest absolute Gasteiger partial charge is 0.301 e. The Morgan fingerprint density at radius 3 is 2.30 bits per heavy atom. The fourth-order valence-corrected chi connectivity index (χ4v) is 2.04. The van der Waals surface area contributed by atoms with Gasteiger partial charge in [-0.05, 0) is 30.7 Å². The highest BCUT2D eigenvalue weighted by molar-refractivity contribution is 9.10. The minimum absolute atomic E-state index is 0.0806. The minimum Gasteiger partial charge on any atom is -0.271 e. The van der Waals surface area contributed by atoms with Gasteiger partial charge < -0.3 is 0 Å². The molecule has 0 aliphatic carbocycles. The number of nitrogens with zero attached hydrogens (tertiary/aromatic N) is 3. The fourth-order valence-electron chi connectivity index (χ4n) is 1.78. The van der Waals surface area contributed by atoms with E-state index in [2.05, 4.69) is 26.5 Å². The van der Waals surface area contributed by atoms with E-state index in [4.69, 9.17) is 0 Å². The van der Waals surface area contributed by atoms with Gasteiger partial charge in [-0.15, -0.1) is 0 Å². The number of benzene rings is 2. The quantitative estimate of drug-likeness (QED) is 0.478. The first kappa shape index (κ1) is 16.6. The third-order valence-electron chi connectivity index (χ3n) is 2.99. The highest BCUT2D eigenvalue weighted by Crippen LogP contribution is 2.29. The number of hydrogen-bond acceptors (Lipinski definition) is 6. The zero-order valence-electron chi connectivity index (χ0n) is 11.9. The topological polar surface area (TPSA) is 111 Å². The molecule has 8 nitrogen and oxygen atoms in total. The van der Waals surface area contributed by atoms with Crippen molar-refractivity contribution in [3.8, 4) is 0 Å².